The minimum atomic E-state index is 0.690. The molecule has 1 nitrogen and oxygen atoms in total. The molecule has 0 radical (unpaired) electrons. The van der Waals surface area contributed by atoms with Crippen LogP contribution in [-0.4, -0.2) is 6.61 Å². The number of aryl methyl sites for hydroxylation is 1. The van der Waals surface area contributed by atoms with E-state index in [2.05, 4.69) is 39.0 Å². The first-order valence-corrected chi connectivity index (χ1v) is 6.02. The van der Waals surface area contributed by atoms with Gasteiger partial charge in [0.05, 0.1) is 6.61 Å². The lowest BCUT2D eigenvalue weighted by Crippen LogP contribution is -2.10. The van der Waals surface area contributed by atoms with Gasteiger partial charge < -0.3 is 4.74 Å². The molecule has 0 aliphatic carbocycles. The second-order valence-electron chi connectivity index (χ2n) is 3.95. The Balaban J connectivity index is 2.56. The topological polar surface area (TPSA) is 9.23 Å². The Hall–Kier alpha value is -0.980. The number of ether oxygens (including phenoxy) is 1. The SMILES string of the molecule is CCc1ccccc1OCC(CC)CC. The van der Waals surface area contributed by atoms with Crippen molar-refractivity contribution < 1.29 is 4.74 Å². The van der Waals surface area contributed by atoms with E-state index in [1.54, 1.807) is 0 Å². The maximum absolute atomic E-state index is 5.87. The maximum atomic E-state index is 5.87. The van der Waals surface area contributed by atoms with Crippen molar-refractivity contribution in [2.45, 2.75) is 40.0 Å². The Morgan fingerprint density at radius 3 is 2.33 bits per heavy atom. The highest BCUT2D eigenvalue weighted by Gasteiger charge is 2.06. The van der Waals surface area contributed by atoms with Crippen LogP contribution in [0.15, 0.2) is 24.3 Å². The number of benzene rings is 1. The first kappa shape index (κ1) is 12.1. The molecule has 0 fully saturated rings. The van der Waals surface area contributed by atoms with Gasteiger partial charge in [-0.3, -0.25) is 0 Å². The second kappa shape index (κ2) is 6.49. The van der Waals surface area contributed by atoms with Gasteiger partial charge in [0.1, 0.15) is 5.75 Å². The Morgan fingerprint density at radius 1 is 1.07 bits per heavy atom. The van der Waals surface area contributed by atoms with Gasteiger partial charge >= 0.3 is 0 Å². The number of hydrogen-bond donors (Lipinski definition) is 0. The number of para-hydroxylation sites is 1. The van der Waals surface area contributed by atoms with Crippen molar-refractivity contribution in [3.05, 3.63) is 29.8 Å². The lowest BCUT2D eigenvalue weighted by molar-refractivity contribution is 0.239. The van der Waals surface area contributed by atoms with Gasteiger partial charge in [0, 0.05) is 0 Å². The van der Waals surface area contributed by atoms with Crippen molar-refractivity contribution in [2.24, 2.45) is 5.92 Å². The Kier molecular flexibility index (Phi) is 5.23. The zero-order chi connectivity index (χ0) is 11.1. The van der Waals surface area contributed by atoms with Crippen LogP contribution in [0.3, 0.4) is 0 Å². The number of rotatable bonds is 6. The quantitative estimate of drug-likeness (QED) is 0.682. The van der Waals surface area contributed by atoms with Gasteiger partial charge in [-0.25, -0.2) is 0 Å². The van der Waals surface area contributed by atoms with Crippen molar-refractivity contribution >= 4 is 0 Å². The molecule has 15 heavy (non-hydrogen) atoms. The highest BCUT2D eigenvalue weighted by atomic mass is 16.5. The van der Waals surface area contributed by atoms with Crippen LogP contribution in [0.2, 0.25) is 0 Å². The van der Waals surface area contributed by atoms with Crippen LogP contribution in [0.25, 0.3) is 0 Å². The summed E-state index contributed by atoms with van der Waals surface area (Å²) in [6.07, 6.45) is 3.44. The highest BCUT2D eigenvalue weighted by Crippen LogP contribution is 2.20. The third kappa shape index (κ3) is 3.58. The minimum absolute atomic E-state index is 0.690. The van der Waals surface area contributed by atoms with E-state index >= 15 is 0 Å². The lowest BCUT2D eigenvalue weighted by atomic mass is 10.1. The molecule has 1 heteroatoms. The molecule has 0 atom stereocenters. The fraction of sp³-hybridized carbons (Fsp3) is 0.571. The predicted octanol–water partition coefficient (Wildman–Crippen LogP) is 4.06. The third-order valence-electron chi connectivity index (χ3n) is 2.98. The molecular weight excluding hydrogens is 184 g/mol. The number of hydrogen-bond acceptors (Lipinski definition) is 1. The molecule has 0 amide bonds. The van der Waals surface area contributed by atoms with E-state index in [-0.39, 0.29) is 0 Å². The van der Waals surface area contributed by atoms with Crippen molar-refractivity contribution in [3.8, 4) is 5.75 Å². The first-order chi connectivity index (χ1) is 7.31. The Labute approximate surface area is 93.5 Å². The molecule has 0 saturated heterocycles. The largest absolute Gasteiger partial charge is 0.493 e. The first-order valence-electron chi connectivity index (χ1n) is 6.02. The summed E-state index contributed by atoms with van der Waals surface area (Å²) in [5.41, 5.74) is 1.31. The molecule has 0 N–H and O–H groups in total. The molecule has 0 saturated carbocycles. The summed E-state index contributed by atoms with van der Waals surface area (Å²) in [4.78, 5) is 0. The molecule has 0 unspecified atom stereocenters. The second-order valence-corrected chi connectivity index (χ2v) is 3.95. The van der Waals surface area contributed by atoms with Crippen LogP contribution >= 0.6 is 0 Å². The molecule has 84 valence electrons. The summed E-state index contributed by atoms with van der Waals surface area (Å²) in [7, 11) is 0. The van der Waals surface area contributed by atoms with Gasteiger partial charge in [0.15, 0.2) is 0 Å². The average molecular weight is 206 g/mol. The Bertz CT molecular complexity index is 276. The van der Waals surface area contributed by atoms with Crippen molar-refractivity contribution in [1.29, 1.82) is 0 Å². The molecule has 1 aromatic carbocycles. The summed E-state index contributed by atoms with van der Waals surface area (Å²) in [6, 6.07) is 8.33. The molecule has 1 aromatic rings. The smallest absolute Gasteiger partial charge is 0.122 e. The normalized spacial score (nSPS) is 10.7. The Morgan fingerprint density at radius 2 is 1.73 bits per heavy atom. The summed E-state index contributed by atoms with van der Waals surface area (Å²) in [6.45, 7) is 7.47. The van der Waals surface area contributed by atoms with E-state index in [4.69, 9.17) is 4.74 Å². The van der Waals surface area contributed by atoms with E-state index in [9.17, 15) is 0 Å². The predicted molar refractivity (Wildman–Crippen MR) is 65.4 cm³/mol. The van der Waals surface area contributed by atoms with E-state index in [1.807, 2.05) is 6.07 Å². The summed E-state index contributed by atoms with van der Waals surface area (Å²) < 4.78 is 5.87. The van der Waals surface area contributed by atoms with Crippen LogP contribution in [0.1, 0.15) is 39.2 Å². The molecule has 0 aliphatic rings. The molecule has 0 aliphatic heterocycles. The molecule has 0 heterocycles. The summed E-state index contributed by atoms with van der Waals surface area (Å²) in [5.74, 6) is 1.75. The van der Waals surface area contributed by atoms with E-state index in [0.29, 0.717) is 5.92 Å². The fourth-order valence-corrected chi connectivity index (χ4v) is 1.67. The monoisotopic (exact) mass is 206 g/mol. The van der Waals surface area contributed by atoms with Gasteiger partial charge in [0.25, 0.3) is 0 Å². The summed E-state index contributed by atoms with van der Waals surface area (Å²) in [5, 5.41) is 0. The van der Waals surface area contributed by atoms with Gasteiger partial charge in [0.2, 0.25) is 0 Å². The van der Waals surface area contributed by atoms with Crippen molar-refractivity contribution in [2.75, 3.05) is 6.61 Å². The minimum Gasteiger partial charge on any atom is -0.493 e. The molecule has 0 bridgehead atoms. The highest BCUT2D eigenvalue weighted by molar-refractivity contribution is 5.33. The molecule has 1 rings (SSSR count). The van der Waals surface area contributed by atoms with E-state index in [1.165, 1.54) is 18.4 Å². The van der Waals surface area contributed by atoms with Crippen LogP contribution in [-0.2, 0) is 6.42 Å². The third-order valence-corrected chi connectivity index (χ3v) is 2.98. The maximum Gasteiger partial charge on any atom is 0.122 e. The van der Waals surface area contributed by atoms with Crippen molar-refractivity contribution in [3.63, 3.8) is 0 Å². The van der Waals surface area contributed by atoms with Gasteiger partial charge in [-0.15, -0.1) is 0 Å². The standard InChI is InChI=1S/C14H22O/c1-4-12(5-2)11-15-14-10-8-7-9-13(14)6-3/h7-10,12H,4-6,11H2,1-3H3. The van der Waals surface area contributed by atoms with E-state index < -0.39 is 0 Å². The molecule has 0 aromatic heterocycles. The zero-order valence-corrected chi connectivity index (χ0v) is 10.1. The molecular formula is C14H22O. The van der Waals surface area contributed by atoms with Crippen molar-refractivity contribution in [1.82, 2.24) is 0 Å². The van der Waals surface area contributed by atoms with Gasteiger partial charge in [-0.05, 0) is 24.0 Å². The van der Waals surface area contributed by atoms with Crippen LogP contribution in [0, 0.1) is 5.92 Å². The lowest BCUT2D eigenvalue weighted by Gasteiger charge is -2.15. The zero-order valence-electron chi connectivity index (χ0n) is 10.1. The van der Waals surface area contributed by atoms with Crippen LogP contribution in [0.4, 0.5) is 0 Å². The van der Waals surface area contributed by atoms with Crippen LogP contribution in [0.5, 0.6) is 5.75 Å². The molecule has 0 spiro atoms. The summed E-state index contributed by atoms with van der Waals surface area (Å²) >= 11 is 0. The average Bonchev–Trinajstić information content (AvgIpc) is 2.31. The van der Waals surface area contributed by atoms with Gasteiger partial charge in [-0.2, -0.15) is 0 Å². The van der Waals surface area contributed by atoms with Gasteiger partial charge in [-0.1, -0.05) is 51.8 Å². The van der Waals surface area contributed by atoms with Crippen LogP contribution < -0.4 is 4.74 Å². The fourth-order valence-electron chi connectivity index (χ4n) is 1.67. The van der Waals surface area contributed by atoms with E-state index in [0.717, 1.165) is 18.8 Å².